The summed E-state index contributed by atoms with van der Waals surface area (Å²) >= 11 is 7.53. The lowest BCUT2D eigenvalue weighted by molar-refractivity contribution is 0.0691. The number of hydrogen-bond donors (Lipinski definition) is 1. The second-order valence-electron chi connectivity index (χ2n) is 4.30. The third-order valence-electron chi connectivity index (χ3n) is 2.89. The van der Waals surface area contributed by atoms with E-state index < -0.39 is 5.97 Å². The molecule has 0 unspecified atom stereocenters. The predicted molar refractivity (Wildman–Crippen MR) is 83.0 cm³/mol. The molecular weight excluding hydrogens is 312 g/mol. The first-order chi connectivity index (χ1) is 10.0. The molecule has 0 aliphatic rings. The predicted octanol–water partition coefficient (Wildman–Crippen LogP) is 4.25. The molecule has 0 atom stereocenters. The Balaban J connectivity index is 2.27. The van der Waals surface area contributed by atoms with Gasteiger partial charge in [0.05, 0.1) is 7.11 Å². The molecule has 1 heterocycles. The Kier molecular flexibility index (Phi) is 5.09. The van der Waals surface area contributed by atoms with Crippen LogP contribution in [0.15, 0.2) is 24.3 Å². The maximum absolute atomic E-state index is 11.3. The van der Waals surface area contributed by atoms with Gasteiger partial charge in [0.1, 0.15) is 12.2 Å². The van der Waals surface area contributed by atoms with Crippen LogP contribution in [0.2, 0.25) is 5.02 Å². The van der Waals surface area contributed by atoms with Gasteiger partial charge in [-0.05, 0) is 24.6 Å². The lowest BCUT2D eigenvalue weighted by Gasteiger charge is -2.13. The Morgan fingerprint density at radius 1 is 1.33 bits per heavy atom. The molecule has 0 fully saturated rings. The summed E-state index contributed by atoms with van der Waals surface area (Å²) in [5.74, 6) is -0.598. The second-order valence-corrected chi connectivity index (χ2v) is 5.99. The van der Waals surface area contributed by atoms with Gasteiger partial charge in [-0.25, -0.2) is 4.79 Å². The van der Waals surface area contributed by atoms with E-state index in [0.717, 1.165) is 11.3 Å². The van der Waals surface area contributed by atoms with Crippen molar-refractivity contribution < 1.29 is 19.4 Å². The van der Waals surface area contributed by atoms with Crippen molar-refractivity contribution >= 4 is 28.9 Å². The van der Waals surface area contributed by atoms with Crippen LogP contribution in [0.3, 0.4) is 0 Å². The van der Waals surface area contributed by atoms with E-state index in [1.807, 2.05) is 12.1 Å². The van der Waals surface area contributed by atoms with Gasteiger partial charge in [-0.2, -0.15) is 0 Å². The third kappa shape index (κ3) is 3.68. The number of carboxylic acid groups (broad SMARTS) is 1. The van der Waals surface area contributed by atoms with Gasteiger partial charge in [0.15, 0.2) is 11.5 Å². The van der Waals surface area contributed by atoms with Crippen molar-refractivity contribution in [3.05, 3.63) is 44.6 Å². The molecule has 21 heavy (non-hydrogen) atoms. The highest BCUT2D eigenvalue weighted by Gasteiger charge is 2.18. The van der Waals surface area contributed by atoms with E-state index in [1.165, 1.54) is 24.1 Å². The number of aryl methyl sites for hydroxylation is 1. The average molecular weight is 327 g/mol. The van der Waals surface area contributed by atoms with Gasteiger partial charge in [-0.1, -0.05) is 18.5 Å². The molecule has 0 radical (unpaired) electrons. The van der Waals surface area contributed by atoms with Crippen LogP contribution in [-0.2, 0) is 13.0 Å². The number of benzene rings is 1. The van der Waals surface area contributed by atoms with Crippen molar-refractivity contribution in [2.24, 2.45) is 0 Å². The molecule has 1 aromatic carbocycles. The largest absolute Gasteiger partial charge is 0.493 e. The molecule has 2 rings (SSSR count). The minimum atomic E-state index is -1.11. The summed E-state index contributed by atoms with van der Waals surface area (Å²) in [6.07, 6.45) is 0.968. The quantitative estimate of drug-likeness (QED) is 0.862. The van der Waals surface area contributed by atoms with Gasteiger partial charge in [0, 0.05) is 20.8 Å². The van der Waals surface area contributed by atoms with E-state index in [9.17, 15) is 9.90 Å². The van der Waals surface area contributed by atoms with E-state index in [0.29, 0.717) is 17.4 Å². The minimum absolute atomic E-state index is 0.00776. The molecule has 0 saturated heterocycles. The van der Waals surface area contributed by atoms with E-state index in [2.05, 4.69) is 6.92 Å². The summed E-state index contributed by atoms with van der Waals surface area (Å²) in [6, 6.07) is 6.91. The Morgan fingerprint density at radius 3 is 2.62 bits per heavy atom. The Hall–Kier alpha value is -1.72. The molecule has 0 aliphatic heterocycles. The SMILES string of the molecule is CCc1ccc(COc2c(OC)cc(Cl)cc2C(=O)O)s1. The molecule has 112 valence electrons. The van der Waals surface area contributed by atoms with Crippen LogP contribution in [-0.4, -0.2) is 18.2 Å². The Bertz CT molecular complexity index is 651. The van der Waals surface area contributed by atoms with Crippen molar-refractivity contribution in [3.8, 4) is 11.5 Å². The lowest BCUT2D eigenvalue weighted by atomic mass is 10.2. The van der Waals surface area contributed by atoms with Gasteiger partial charge in [-0.15, -0.1) is 11.3 Å². The zero-order chi connectivity index (χ0) is 15.4. The number of halogens is 1. The maximum Gasteiger partial charge on any atom is 0.339 e. The number of carbonyl (C=O) groups is 1. The Labute approximate surface area is 131 Å². The van der Waals surface area contributed by atoms with Crippen LogP contribution in [0.4, 0.5) is 0 Å². The van der Waals surface area contributed by atoms with Crippen molar-refractivity contribution in [3.63, 3.8) is 0 Å². The third-order valence-corrected chi connectivity index (χ3v) is 4.32. The molecular formula is C15H15ClO4S. The van der Waals surface area contributed by atoms with E-state index in [1.54, 1.807) is 11.3 Å². The molecule has 1 N–H and O–H groups in total. The van der Waals surface area contributed by atoms with Crippen molar-refractivity contribution in [1.82, 2.24) is 0 Å². The number of methoxy groups -OCH3 is 1. The number of rotatable bonds is 6. The first-order valence-corrected chi connectivity index (χ1v) is 7.55. The summed E-state index contributed by atoms with van der Waals surface area (Å²) in [5.41, 5.74) is -0.00776. The normalized spacial score (nSPS) is 10.4. The van der Waals surface area contributed by atoms with Gasteiger partial charge >= 0.3 is 5.97 Å². The van der Waals surface area contributed by atoms with E-state index in [-0.39, 0.29) is 11.3 Å². The van der Waals surface area contributed by atoms with E-state index in [4.69, 9.17) is 21.1 Å². The highest BCUT2D eigenvalue weighted by Crippen LogP contribution is 2.35. The zero-order valence-electron chi connectivity index (χ0n) is 11.7. The van der Waals surface area contributed by atoms with Crippen LogP contribution < -0.4 is 9.47 Å². The highest BCUT2D eigenvalue weighted by molar-refractivity contribution is 7.11. The first kappa shape index (κ1) is 15.7. The zero-order valence-corrected chi connectivity index (χ0v) is 13.3. The van der Waals surface area contributed by atoms with Crippen LogP contribution in [0.1, 0.15) is 27.0 Å². The summed E-state index contributed by atoms with van der Waals surface area (Å²) in [7, 11) is 1.45. The molecule has 4 nitrogen and oxygen atoms in total. The molecule has 0 bridgehead atoms. The minimum Gasteiger partial charge on any atom is -0.493 e. The fourth-order valence-corrected chi connectivity index (χ4v) is 2.94. The van der Waals surface area contributed by atoms with Crippen LogP contribution in [0.25, 0.3) is 0 Å². The van der Waals surface area contributed by atoms with Crippen LogP contribution in [0, 0.1) is 0 Å². The van der Waals surface area contributed by atoms with Crippen LogP contribution in [0.5, 0.6) is 11.5 Å². The number of carboxylic acids is 1. The highest BCUT2D eigenvalue weighted by atomic mass is 35.5. The summed E-state index contributed by atoms with van der Waals surface area (Å²) < 4.78 is 10.8. The standard InChI is InChI=1S/C15H15ClO4S/c1-3-10-4-5-11(21-10)8-20-14-12(15(17)18)6-9(16)7-13(14)19-2/h4-7H,3,8H2,1-2H3,(H,17,18). The van der Waals surface area contributed by atoms with Gasteiger partial charge in [0.25, 0.3) is 0 Å². The summed E-state index contributed by atoms with van der Waals surface area (Å²) in [6.45, 7) is 2.38. The van der Waals surface area contributed by atoms with Gasteiger partial charge < -0.3 is 14.6 Å². The molecule has 2 aromatic rings. The van der Waals surface area contributed by atoms with E-state index >= 15 is 0 Å². The average Bonchev–Trinajstić information content (AvgIpc) is 2.92. The number of thiophene rings is 1. The maximum atomic E-state index is 11.3. The molecule has 0 spiro atoms. The fourth-order valence-electron chi connectivity index (χ4n) is 1.86. The first-order valence-electron chi connectivity index (χ1n) is 6.36. The second kappa shape index (κ2) is 6.83. The van der Waals surface area contributed by atoms with Crippen molar-refractivity contribution in [1.29, 1.82) is 0 Å². The van der Waals surface area contributed by atoms with Crippen LogP contribution >= 0.6 is 22.9 Å². The monoisotopic (exact) mass is 326 g/mol. The number of ether oxygens (including phenoxy) is 2. The van der Waals surface area contributed by atoms with Gasteiger partial charge in [0.2, 0.25) is 0 Å². The molecule has 0 amide bonds. The molecule has 6 heteroatoms. The summed E-state index contributed by atoms with van der Waals surface area (Å²) in [4.78, 5) is 13.6. The number of hydrogen-bond acceptors (Lipinski definition) is 4. The Morgan fingerprint density at radius 2 is 2.05 bits per heavy atom. The fraction of sp³-hybridized carbons (Fsp3) is 0.267. The smallest absolute Gasteiger partial charge is 0.339 e. The van der Waals surface area contributed by atoms with Crippen molar-refractivity contribution in [2.45, 2.75) is 20.0 Å². The van der Waals surface area contributed by atoms with Crippen molar-refractivity contribution in [2.75, 3.05) is 7.11 Å². The molecule has 0 aliphatic carbocycles. The molecule has 0 saturated carbocycles. The summed E-state index contributed by atoms with van der Waals surface area (Å²) in [5, 5.41) is 9.55. The number of aromatic carboxylic acids is 1. The topological polar surface area (TPSA) is 55.8 Å². The molecule has 1 aromatic heterocycles. The lowest BCUT2D eigenvalue weighted by Crippen LogP contribution is -2.05. The van der Waals surface area contributed by atoms with Gasteiger partial charge in [-0.3, -0.25) is 0 Å².